The number of aryl methyl sites for hydroxylation is 2. The zero-order valence-electron chi connectivity index (χ0n) is 22.1. The van der Waals surface area contributed by atoms with Gasteiger partial charge in [-0.15, -0.1) is 0 Å². The van der Waals surface area contributed by atoms with Gasteiger partial charge in [0.2, 0.25) is 0 Å². The fraction of sp³-hybridized carbons (Fsp3) is 0.258. The maximum absolute atomic E-state index is 13.6. The summed E-state index contributed by atoms with van der Waals surface area (Å²) in [6, 6.07) is 15.8. The number of carbonyl (C=O) groups is 2. The van der Waals surface area contributed by atoms with Gasteiger partial charge in [-0.2, -0.15) is 0 Å². The third-order valence-corrected chi connectivity index (χ3v) is 8.15. The van der Waals surface area contributed by atoms with Crippen LogP contribution in [0.2, 0.25) is 0 Å². The van der Waals surface area contributed by atoms with Gasteiger partial charge in [0.1, 0.15) is 23.4 Å². The van der Waals surface area contributed by atoms with Crippen molar-refractivity contribution in [1.29, 1.82) is 0 Å². The lowest BCUT2D eigenvalue weighted by Gasteiger charge is -2.23. The van der Waals surface area contributed by atoms with Crippen molar-refractivity contribution in [3.05, 3.63) is 88.0 Å². The van der Waals surface area contributed by atoms with E-state index in [0.717, 1.165) is 32.7 Å². The predicted octanol–water partition coefficient (Wildman–Crippen LogP) is 6.26. The topological polar surface area (TPSA) is 89.0 Å². The Bertz CT molecular complexity index is 1670. The van der Waals surface area contributed by atoms with E-state index in [0.29, 0.717) is 35.0 Å². The standard InChI is InChI=1S/C31H28N2O5S/c1-5-37-22-9-6-19(7-10-22)27-25(28(34)20-8-11-23-21(15-20)14-18(4)38-23)29(35)30(36)33(27)31-32-26-17(3)12-16(2)13-24(26)39-31/h6-13,15,18,27,34H,5,14H2,1-4H3/b28-25+/t18-,27-/m0/s1. The molecule has 0 unspecified atom stereocenters. The quantitative estimate of drug-likeness (QED) is 0.183. The molecule has 2 atom stereocenters. The summed E-state index contributed by atoms with van der Waals surface area (Å²) >= 11 is 1.36. The summed E-state index contributed by atoms with van der Waals surface area (Å²) in [5.74, 6) is -0.240. The third-order valence-electron chi connectivity index (χ3n) is 7.15. The second kappa shape index (κ2) is 9.54. The largest absolute Gasteiger partial charge is 0.507 e. The van der Waals surface area contributed by atoms with Gasteiger partial charge in [-0.25, -0.2) is 4.98 Å². The molecule has 0 radical (unpaired) electrons. The van der Waals surface area contributed by atoms with Gasteiger partial charge in [-0.3, -0.25) is 14.5 Å². The van der Waals surface area contributed by atoms with Gasteiger partial charge in [-0.1, -0.05) is 29.5 Å². The zero-order chi connectivity index (χ0) is 27.4. The number of aromatic nitrogens is 1. The number of ether oxygens (including phenoxy) is 2. The van der Waals surface area contributed by atoms with Crippen LogP contribution < -0.4 is 14.4 Å². The van der Waals surface area contributed by atoms with Gasteiger partial charge in [0.15, 0.2) is 5.13 Å². The van der Waals surface area contributed by atoms with Gasteiger partial charge < -0.3 is 14.6 Å². The SMILES string of the molecule is CCOc1ccc([C@H]2/C(=C(\O)c3ccc4c(c3)C[C@H](C)O4)C(=O)C(=O)N2c2nc3c(C)cc(C)cc3s2)cc1. The minimum absolute atomic E-state index is 0.0308. The van der Waals surface area contributed by atoms with E-state index in [1.165, 1.54) is 16.2 Å². The summed E-state index contributed by atoms with van der Waals surface area (Å²) < 4.78 is 12.3. The molecule has 2 aliphatic rings. The zero-order valence-corrected chi connectivity index (χ0v) is 23.0. The van der Waals surface area contributed by atoms with Crippen LogP contribution in [0.15, 0.2) is 60.2 Å². The second-order valence-electron chi connectivity index (χ2n) is 10.1. The molecule has 1 saturated heterocycles. The maximum atomic E-state index is 13.6. The average Bonchev–Trinajstić information content (AvgIpc) is 3.57. The molecule has 0 aliphatic carbocycles. The van der Waals surface area contributed by atoms with Crippen molar-refractivity contribution in [2.24, 2.45) is 0 Å². The van der Waals surface area contributed by atoms with Crippen LogP contribution in [0.25, 0.3) is 16.0 Å². The molecule has 39 heavy (non-hydrogen) atoms. The molecule has 0 bridgehead atoms. The van der Waals surface area contributed by atoms with E-state index in [4.69, 9.17) is 14.5 Å². The van der Waals surface area contributed by atoms with E-state index >= 15 is 0 Å². The molecule has 8 heteroatoms. The fourth-order valence-corrected chi connectivity index (χ4v) is 6.61. The van der Waals surface area contributed by atoms with Crippen molar-refractivity contribution in [3.8, 4) is 11.5 Å². The van der Waals surface area contributed by atoms with Gasteiger partial charge in [0, 0.05) is 12.0 Å². The van der Waals surface area contributed by atoms with E-state index in [9.17, 15) is 14.7 Å². The van der Waals surface area contributed by atoms with Crippen LogP contribution >= 0.6 is 11.3 Å². The molecular formula is C31H28N2O5S. The highest BCUT2D eigenvalue weighted by atomic mass is 32.1. The lowest BCUT2D eigenvalue weighted by molar-refractivity contribution is -0.132. The number of hydrogen-bond acceptors (Lipinski definition) is 7. The van der Waals surface area contributed by atoms with E-state index in [1.807, 2.05) is 58.0 Å². The van der Waals surface area contributed by atoms with Crippen LogP contribution in [-0.2, 0) is 16.0 Å². The first-order valence-corrected chi connectivity index (χ1v) is 13.8. The van der Waals surface area contributed by atoms with Crippen LogP contribution in [-0.4, -0.2) is 34.5 Å². The van der Waals surface area contributed by atoms with Gasteiger partial charge in [0.05, 0.1) is 28.4 Å². The Labute approximate surface area is 230 Å². The summed E-state index contributed by atoms with van der Waals surface area (Å²) in [5.41, 5.74) is 5.01. The smallest absolute Gasteiger partial charge is 0.301 e. The number of benzene rings is 3. The number of Topliss-reactive ketones (excluding diaryl/α,β-unsaturated/α-hetero) is 1. The van der Waals surface area contributed by atoms with Crippen LogP contribution in [0.4, 0.5) is 5.13 Å². The minimum atomic E-state index is -0.855. The van der Waals surface area contributed by atoms with Crippen molar-refractivity contribution in [3.63, 3.8) is 0 Å². The number of thiazole rings is 1. The first-order chi connectivity index (χ1) is 18.7. The summed E-state index contributed by atoms with van der Waals surface area (Å²) in [4.78, 5) is 33.4. The Kier molecular flexibility index (Phi) is 6.14. The average molecular weight is 541 g/mol. The molecular weight excluding hydrogens is 512 g/mol. The van der Waals surface area contributed by atoms with Crippen molar-refractivity contribution < 1.29 is 24.2 Å². The Hall–Kier alpha value is -4.17. The normalized spacial score (nSPS) is 19.9. The Morgan fingerprint density at radius 2 is 1.90 bits per heavy atom. The molecule has 6 rings (SSSR count). The van der Waals surface area contributed by atoms with E-state index in [1.54, 1.807) is 24.3 Å². The summed E-state index contributed by atoms with van der Waals surface area (Å²) in [5, 5.41) is 12.0. The summed E-state index contributed by atoms with van der Waals surface area (Å²) in [6.45, 7) is 8.40. The van der Waals surface area contributed by atoms with Crippen molar-refractivity contribution >= 4 is 44.1 Å². The molecule has 1 aromatic heterocycles. The van der Waals surface area contributed by atoms with E-state index in [-0.39, 0.29) is 17.4 Å². The van der Waals surface area contributed by atoms with Crippen LogP contribution in [0.5, 0.6) is 11.5 Å². The number of rotatable bonds is 5. The van der Waals surface area contributed by atoms with Crippen LogP contribution in [0.1, 0.15) is 47.7 Å². The highest BCUT2D eigenvalue weighted by Gasteiger charge is 2.48. The number of fused-ring (bicyclic) bond motifs is 2. The van der Waals surface area contributed by atoms with E-state index in [2.05, 4.69) is 0 Å². The molecule has 1 amide bonds. The number of aliphatic hydroxyl groups excluding tert-OH is 1. The predicted molar refractivity (Wildman–Crippen MR) is 152 cm³/mol. The van der Waals surface area contributed by atoms with Crippen molar-refractivity contribution in [2.45, 2.75) is 46.3 Å². The number of carbonyl (C=O) groups excluding carboxylic acids is 2. The molecule has 198 valence electrons. The molecule has 2 aliphatic heterocycles. The van der Waals surface area contributed by atoms with Crippen LogP contribution in [0, 0.1) is 13.8 Å². The molecule has 0 saturated carbocycles. The number of nitrogens with zero attached hydrogens (tertiary/aromatic N) is 2. The monoisotopic (exact) mass is 540 g/mol. The molecule has 7 nitrogen and oxygen atoms in total. The lowest BCUT2D eigenvalue weighted by atomic mass is 9.94. The van der Waals surface area contributed by atoms with E-state index < -0.39 is 17.7 Å². The van der Waals surface area contributed by atoms with Gasteiger partial charge in [-0.05, 0) is 86.3 Å². The van der Waals surface area contributed by atoms with Crippen molar-refractivity contribution in [2.75, 3.05) is 11.5 Å². The highest BCUT2D eigenvalue weighted by molar-refractivity contribution is 7.22. The molecule has 3 aromatic carbocycles. The van der Waals surface area contributed by atoms with Crippen molar-refractivity contribution in [1.82, 2.24) is 4.98 Å². The number of anilines is 1. The van der Waals surface area contributed by atoms with Gasteiger partial charge in [0.25, 0.3) is 5.78 Å². The molecule has 1 fully saturated rings. The number of amides is 1. The number of ketones is 1. The Balaban J connectivity index is 1.53. The maximum Gasteiger partial charge on any atom is 0.301 e. The highest BCUT2D eigenvalue weighted by Crippen LogP contribution is 2.45. The summed E-state index contributed by atoms with van der Waals surface area (Å²) in [7, 11) is 0. The minimum Gasteiger partial charge on any atom is -0.507 e. The third kappa shape index (κ3) is 4.25. The summed E-state index contributed by atoms with van der Waals surface area (Å²) in [6.07, 6.45) is 0.746. The Morgan fingerprint density at radius 1 is 1.13 bits per heavy atom. The lowest BCUT2D eigenvalue weighted by Crippen LogP contribution is -2.29. The Morgan fingerprint density at radius 3 is 2.64 bits per heavy atom. The first-order valence-electron chi connectivity index (χ1n) is 13.0. The molecule has 0 spiro atoms. The van der Waals surface area contributed by atoms with Crippen LogP contribution in [0.3, 0.4) is 0 Å². The molecule has 4 aromatic rings. The fourth-order valence-electron chi connectivity index (χ4n) is 5.45. The number of hydrogen-bond donors (Lipinski definition) is 1. The molecule has 1 N–H and O–H groups in total. The number of aliphatic hydroxyl groups is 1. The molecule has 3 heterocycles. The van der Waals surface area contributed by atoms with Gasteiger partial charge >= 0.3 is 5.91 Å². The second-order valence-corrected chi connectivity index (χ2v) is 11.1. The first kappa shape index (κ1) is 25.1.